The van der Waals surface area contributed by atoms with Crippen molar-refractivity contribution in [1.29, 1.82) is 0 Å². The lowest BCUT2D eigenvalue weighted by molar-refractivity contribution is 0.207. The first kappa shape index (κ1) is 19.3. The van der Waals surface area contributed by atoms with Gasteiger partial charge >= 0.3 is 6.03 Å². The van der Waals surface area contributed by atoms with E-state index in [9.17, 15) is 4.79 Å². The lowest BCUT2D eigenvalue weighted by Crippen LogP contribution is -2.50. The average Bonchev–Trinajstić information content (AvgIpc) is 3.51. The summed E-state index contributed by atoms with van der Waals surface area (Å²) in [6, 6.07) is 21.2. The van der Waals surface area contributed by atoms with Crippen molar-refractivity contribution in [3.8, 4) is 22.6 Å². The number of nitrogens with one attached hydrogen (secondary N) is 1. The third kappa shape index (κ3) is 4.26. The van der Waals surface area contributed by atoms with E-state index >= 15 is 0 Å². The van der Waals surface area contributed by atoms with Crippen LogP contribution < -0.4 is 10.2 Å². The topological polar surface area (TPSA) is 87.4 Å². The second kappa shape index (κ2) is 8.57. The van der Waals surface area contributed by atoms with Crippen LogP contribution in [-0.4, -0.2) is 51.6 Å². The van der Waals surface area contributed by atoms with Gasteiger partial charge in [0.1, 0.15) is 5.69 Å². The zero-order valence-electron chi connectivity index (χ0n) is 16.6. The molecule has 9 heteroatoms. The molecule has 0 saturated carbocycles. The van der Waals surface area contributed by atoms with E-state index in [0.29, 0.717) is 37.8 Å². The molecular formula is C22H20N6O2S. The highest BCUT2D eigenvalue weighted by atomic mass is 32.1. The van der Waals surface area contributed by atoms with Crippen LogP contribution in [0.1, 0.15) is 0 Å². The first-order chi connectivity index (χ1) is 15.3. The van der Waals surface area contributed by atoms with E-state index in [0.717, 1.165) is 22.1 Å². The van der Waals surface area contributed by atoms with E-state index in [2.05, 4.69) is 24.7 Å². The summed E-state index contributed by atoms with van der Waals surface area (Å²) >= 11 is 1.39. The van der Waals surface area contributed by atoms with Crippen LogP contribution in [0.3, 0.4) is 0 Å². The molecule has 1 N–H and O–H groups in total. The second-order valence-electron chi connectivity index (χ2n) is 7.11. The molecule has 2 amide bonds. The van der Waals surface area contributed by atoms with Gasteiger partial charge in [-0.3, -0.25) is 5.32 Å². The number of hydrogen-bond donors (Lipinski definition) is 1. The standard InChI is InChI=1S/C22H20N6O2S/c29-21(23-19-15-18(25-30-19)16-7-3-1-4-8-16)27-11-13-28(14-12-27)22-24-20(26-31-22)17-9-5-2-6-10-17/h1-10,15H,11-14H2,(H,23,29). The van der Waals surface area contributed by atoms with Crippen molar-refractivity contribution in [3.63, 3.8) is 0 Å². The van der Waals surface area contributed by atoms with Crippen molar-refractivity contribution in [2.24, 2.45) is 0 Å². The van der Waals surface area contributed by atoms with Crippen LogP contribution in [0, 0.1) is 0 Å². The maximum atomic E-state index is 12.6. The van der Waals surface area contributed by atoms with Gasteiger partial charge in [0.15, 0.2) is 5.82 Å². The number of carbonyl (C=O) groups is 1. The largest absolute Gasteiger partial charge is 0.343 e. The Balaban J connectivity index is 1.17. The molecule has 0 aliphatic carbocycles. The van der Waals surface area contributed by atoms with E-state index in [1.807, 2.05) is 60.7 Å². The summed E-state index contributed by atoms with van der Waals surface area (Å²) < 4.78 is 9.76. The van der Waals surface area contributed by atoms with Gasteiger partial charge in [-0.15, -0.1) is 0 Å². The third-order valence-corrected chi connectivity index (χ3v) is 5.87. The fourth-order valence-corrected chi connectivity index (χ4v) is 4.15. The van der Waals surface area contributed by atoms with Crippen molar-refractivity contribution in [2.75, 3.05) is 36.4 Å². The van der Waals surface area contributed by atoms with E-state index in [4.69, 9.17) is 4.52 Å². The minimum absolute atomic E-state index is 0.197. The highest BCUT2D eigenvalue weighted by Gasteiger charge is 2.24. The second-order valence-corrected chi connectivity index (χ2v) is 7.84. The van der Waals surface area contributed by atoms with Crippen LogP contribution in [0.5, 0.6) is 0 Å². The van der Waals surface area contributed by atoms with E-state index in [-0.39, 0.29) is 6.03 Å². The SMILES string of the molecule is O=C(Nc1cc(-c2ccccc2)no1)N1CCN(c2nc(-c3ccccc3)ns2)CC1. The lowest BCUT2D eigenvalue weighted by atomic mass is 10.2. The summed E-state index contributed by atoms with van der Waals surface area (Å²) in [5.41, 5.74) is 2.63. The van der Waals surface area contributed by atoms with Gasteiger partial charge in [0.2, 0.25) is 11.0 Å². The van der Waals surface area contributed by atoms with E-state index < -0.39 is 0 Å². The smallest absolute Gasteiger partial charge is 0.324 e. The van der Waals surface area contributed by atoms with Gasteiger partial charge in [-0.2, -0.15) is 9.36 Å². The van der Waals surface area contributed by atoms with Gasteiger partial charge in [0.05, 0.1) is 0 Å². The van der Waals surface area contributed by atoms with E-state index in [1.54, 1.807) is 11.0 Å². The summed E-state index contributed by atoms with van der Waals surface area (Å²) in [5.74, 6) is 1.07. The van der Waals surface area contributed by atoms with Crippen molar-refractivity contribution >= 4 is 28.6 Å². The Hall–Kier alpha value is -3.72. The average molecular weight is 433 g/mol. The number of anilines is 2. The minimum atomic E-state index is -0.197. The number of hydrogen-bond acceptors (Lipinski definition) is 7. The van der Waals surface area contributed by atoms with Crippen molar-refractivity contribution in [1.82, 2.24) is 19.4 Å². The highest BCUT2D eigenvalue weighted by molar-refractivity contribution is 7.09. The molecule has 0 radical (unpaired) electrons. The van der Waals surface area contributed by atoms with E-state index in [1.165, 1.54) is 11.5 Å². The number of aromatic nitrogens is 3. The summed E-state index contributed by atoms with van der Waals surface area (Å²) in [5, 5.41) is 7.71. The first-order valence-corrected chi connectivity index (χ1v) is 10.8. The Morgan fingerprint density at radius 1 is 0.935 bits per heavy atom. The number of piperazine rings is 1. The van der Waals surface area contributed by atoms with Gasteiger partial charge in [0, 0.05) is 54.9 Å². The minimum Gasteiger partial charge on any atom is -0.343 e. The molecule has 4 aromatic rings. The molecule has 0 bridgehead atoms. The molecule has 8 nitrogen and oxygen atoms in total. The molecule has 3 heterocycles. The van der Waals surface area contributed by atoms with Crippen LogP contribution >= 0.6 is 11.5 Å². The third-order valence-electron chi connectivity index (χ3n) is 5.09. The predicted molar refractivity (Wildman–Crippen MR) is 120 cm³/mol. The number of urea groups is 1. The van der Waals surface area contributed by atoms with Crippen LogP contribution in [-0.2, 0) is 0 Å². The normalized spacial score (nSPS) is 13.9. The molecule has 1 aliphatic heterocycles. The number of amides is 2. The Labute approximate surface area is 183 Å². The monoisotopic (exact) mass is 432 g/mol. The molecule has 1 saturated heterocycles. The fraction of sp³-hybridized carbons (Fsp3) is 0.182. The Morgan fingerprint density at radius 3 is 2.32 bits per heavy atom. The number of rotatable bonds is 4. The molecule has 1 fully saturated rings. The summed E-state index contributed by atoms with van der Waals surface area (Å²) in [6.45, 7) is 2.57. The zero-order valence-corrected chi connectivity index (χ0v) is 17.5. The maximum absolute atomic E-state index is 12.6. The summed E-state index contributed by atoms with van der Waals surface area (Å²) in [6.07, 6.45) is 0. The molecular weight excluding hydrogens is 412 g/mol. The van der Waals surface area contributed by atoms with Crippen LogP contribution in [0.4, 0.5) is 15.8 Å². The van der Waals surface area contributed by atoms with Crippen LogP contribution in [0.15, 0.2) is 71.3 Å². The molecule has 2 aromatic carbocycles. The van der Waals surface area contributed by atoms with Crippen molar-refractivity contribution < 1.29 is 9.32 Å². The Bertz CT molecular complexity index is 1150. The maximum Gasteiger partial charge on any atom is 0.324 e. The molecule has 156 valence electrons. The number of benzene rings is 2. The molecule has 2 aromatic heterocycles. The fourth-order valence-electron chi connectivity index (χ4n) is 3.41. The summed E-state index contributed by atoms with van der Waals surface area (Å²) in [4.78, 5) is 21.2. The highest BCUT2D eigenvalue weighted by Crippen LogP contribution is 2.25. The zero-order chi connectivity index (χ0) is 21.0. The van der Waals surface area contributed by atoms with Gasteiger partial charge in [-0.1, -0.05) is 65.8 Å². The lowest BCUT2D eigenvalue weighted by Gasteiger charge is -2.34. The summed E-state index contributed by atoms with van der Waals surface area (Å²) in [7, 11) is 0. The molecule has 0 atom stereocenters. The Morgan fingerprint density at radius 2 is 1.61 bits per heavy atom. The molecule has 0 unspecified atom stereocenters. The van der Waals surface area contributed by atoms with Gasteiger partial charge < -0.3 is 14.3 Å². The first-order valence-electron chi connectivity index (χ1n) is 9.98. The molecule has 0 spiro atoms. The van der Waals surface area contributed by atoms with Crippen LogP contribution in [0.25, 0.3) is 22.6 Å². The van der Waals surface area contributed by atoms with Crippen molar-refractivity contribution in [2.45, 2.75) is 0 Å². The molecule has 5 rings (SSSR count). The number of carbonyl (C=O) groups excluding carboxylic acids is 1. The van der Waals surface area contributed by atoms with Gasteiger partial charge in [-0.25, -0.2) is 4.79 Å². The van der Waals surface area contributed by atoms with Gasteiger partial charge in [0.25, 0.3) is 0 Å². The molecule has 1 aliphatic rings. The van der Waals surface area contributed by atoms with Crippen molar-refractivity contribution in [3.05, 3.63) is 66.7 Å². The van der Waals surface area contributed by atoms with Crippen LogP contribution in [0.2, 0.25) is 0 Å². The molecule has 31 heavy (non-hydrogen) atoms. The predicted octanol–water partition coefficient (Wildman–Crippen LogP) is 4.21. The Kier molecular flexibility index (Phi) is 5.32. The number of nitrogens with zero attached hydrogens (tertiary/aromatic N) is 5. The quantitative estimate of drug-likeness (QED) is 0.520. The van der Waals surface area contributed by atoms with Gasteiger partial charge in [-0.05, 0) is 0 Å².